The van der Waals surface area contributed by atoms with Gasteiger partial charge in [-0.2, -0.15) is 9.57 Å². The minimum Gasteiger partial charge on any atom is -0.384 e. The van der Waals surface area contributed by atoms with Crippen molar-refractivity contribution in [2.75, 3.05) is 18.8 Å². The molecule has 0 aliphatic carbocycles. The van der Waals surface area contributed by atoms with Crippen molar-refractivity contribution in [1.29, 1.82) is 5.26 Å². The first-order valence-electron chi connectivity index (χ1n) is 5.96. The number of nitrogens with zero attached hydrogens (tertiary/aromatic N) is 3. The first-order chi connectivity index (χ1) is 8.87. The molecule has 0 aliphatic rings. The van der Waals surface area contributed by atoms with Crippen molar-refractivity contribution in [2.45, 2.75) is 25.2 Å². The first-order valence-corrected chi connectivity index (χ1v) is 7.40. The second kappa shape index (κ2) is 6.50. The van der Waals surface area contributed by atoms with E-state index in [0.717, 1.165) is 0 Å². The van der Waals surface area contributed by atoms with Crippen LogP contribution in [0.15, 0.2) is 23.2 Å². The van der Waals surface area contributed by atoms with Crippen molar-refractivity contribution in [3.8, 4) is 6.07 Å². The van der Waals surface area contributed by atoms with Gasteiger partial charge in [-0.25, -0.2) is 13.4 Å². The second-order valence-corrected chi connectivity index (χ2v) is 6.52. The topological polar surface area (TPSA) is 100 Å². The predicted molar refractivity (Wildman–Crippen MR) is 72.5 cm³/mol. The maximum Gasteiger partial charge on any atom is 0.244 e. The summed E-state index contributed by atoms with van der Waals surface area (Å²) < 4.78 is 26.2. The molecule has 0 aliphatic heterocycles. The molecule has 0 radical (unpaired) electrons. The van der Waals surface area contributed by atoms with Crippen LogP contribution in [-0.4, -0.2) is 30.8 Å². The molecule has 0 saturated carbocycles. The molecule has 0 atom stereocenters. The quantitative estimate of drug-likeness (QED) is 0.845. The maximum atomic E-state index is 12.4. The zero-order chi connectivity index (χ0) is 14.5. The minimum atomic E-state index is -3.62. The fourth-order valence-corrected chi connectivity index (χ4v) is 3.14. The van der Waals surface area contributed by atoms with E-state index in [4.69, 9.17) is 11.0 Å². The summed E-state index contributed by atoms with van der Waals surface area (Å²) in [4.78, 5) is 3.89. The minimum absolute atomic E-state index is 0.0975. The second-order valence-electron chi connectivity index (χ2n) is 4.58. The van der Waals surface area contributed by atoms with Gasteiger partial charge in [0, 0.05) is 25.7 Å². The van der Waals surface area contributed by atoms with E-state index in [0.29, 0.717) is 6.54 Å². The molecule has 1 aromatic heterocycles. The summed E-state index contributed by atoms with van der Waals surface area (Å²) in [6.07, 6.45) is 1.40. The number of sulfonamides is 1. The third-order valence-corrected chi connectivity index (χ3v) is 4.29. The zero-order valence-corrected chi connectivity index (χ0v) is 11.9. The molecule has 0 saturated heterocycles. The summed E-state index contributed by atoms with van der Waals surface area (Å²) in [5.41, 5.74) is 5.44. The molecule has 1 heterocycles. The van der Waals surface area contributed by atoms with Crippen LogP contribution in [-0.2, 0) is 10.0 Å². The van der Waals surface area contributed by atoms with Crippen molar-refractivity contribution in [2.24, 2.45) is 5.92 Å². The molecule has 6 nitrogen and oxygen atoms in total. The zero-order valence-electron chi connectivity index (χ0n) is 11.1. The standard InChI is InChI=1S/C12H18N4O2S/c1-10(2)9-16(7-3-6-13)19(17,18)11-4-5-12(14)15-8-11/h4-5,8,10H,3,7,9H2,1-2H3,(H2,14,15). The van der Waals surface area contributed by atoms with E-state index in [2.05, 4.69) is 4.98 Å². The number of hydrogen-bond donors (Lipinski definition) is 1. The SMILES string of the molecule is CC(C)CN(CCC#N)S(=O)(=O)c1ccc(N)nc1. The molecule has 0 fully saturated rings. The van der Waals surface area contributed by atoms with Crippen LogP contribution in [0.2, 0.25) is 0 Å². The molecule has 0 unspecified atom stereocenters. The van der Waals surface area contributed by atoms with Gasteiger partial charge in [0.15, 0.2) is 0 Å². The van der Waals surface area contributed by atoms with Crippen molar-refractivity contribution < 1.29 is 8.42 Å². The third-order valence-electron chi connectivity index (χ3n) is 2.44. The van der Waals surface area contributed by atoms with Crippen molar-refractivity contribution in [3.63, 3.8) is 0 Å². The van der Waals surface area contributed by atoms with Crippen LogP contribution < -0.4 is 5.73 Å². The van der Waals surface area contributed by atoms with E-state index in [1.54, 1.807) is 0 Å². The lowest BCUT2D eigenvalue weighted by Crippen LogP contribution is -2.35. The number of hydrogen-bond acceptors (Lipinski definition) is 5. The predicted octanol–water partition coefficient (Wildman–Crippen LogP) is 1.22. The Morgan fingerprint density at radius 3 is 2.63 bits per heavy atom. The van der Waals surface area contributed by atoms with Crippen molar-refractivity contribution in [1.82, 2.24) is 9.29 Å². The number of nitriles is 1. The van der Waals surface area contributed by atoms with E-state index in [1.165, 1.54) is 22.6 Å². The summed E-state index contributed by atoms with van der Waals surface area (Å²) in [5, 5.41) is 8.62. The van der Waals surface area contributed by atoms with Crippen molar-refractivity contribution in [3.05, 3.63) is 18.3 Å². The first kappa shape index (κ1) is 15.4. The number of nitrogens with two attached hydrogens (primary N) is 1. The molecule has 7 heteroatoms. The molecule has 19 heavy (non-hydrogen) atoms. The van der Waals surface area contributed by atoms with Crippen LogP contribution in [0.5, 0.6) is 0 Å². The highest BCUT2D eigenvalue weighted by molar-refractivity contribution is 7.89. The number of anilines is 1. The van der Waals surface area contributed by atoms with Gasteiger partial charge >= 0.3 is 0 Å². The van der Waals surface area contributed by atoms with E-state index in [9.17, 15) is 8.42 Å². The van der Waals surface area contributed by atoms with Gasteiger partial charge in [-0.1, -0.05) is 13.8 Å². The Hall–Kier alpha value is -1.65. The fraction of sp³-hybridized carbons (Fsp3) is 0.500. The van der Waals surface area contributed by atoms with Crippen LogP contribution in [0.25, 0.3) is 0 Å². The van der Waals surface area contributed by atoms with Gasteiger partial charge in [0.2, 0.25) is 10.0 Å². The van der Waals surface area contributed by atoms with E-state index in [1.807, 2.05) is 19.9 Å². The summed E-state index contributed by atoms with van der Waals surface area (Å²) in [6, 6.07) is 4.84. The van der Waals surface area contributed by atoms with E-state index >= 15 is 0 Å². The molecule has 1 aromatic rings. The Bertz CT molecular complexity index is 546. The number of nitrogen functional groups attached to an aromatic ring is 1. The van der Waals surface area contributed by atoms with Crippen LogP contribution in [0, 0.1) is 17.2 Å². The highest BCUT2D eigenvalue weighted by Gasteiger charge is 2.25. The monoisotopic (exact) mass is 282 g/mol. The van der Waals surface area contributed by atoms with Gasteiger partial charge in [-0.15, -0.1) is 0 Å². The van der Waals surface area contributed by atoms with Crippen LogP contribution in [0.3, 0.4) is 0 Å². The molecular formula is C12H18N4O2S. The van der Waals surface area contributed by atoms with Crippen LogP contribution >= 0.6 is 0 Å². The number of aromatic nitrogens is 1. The molecule has 0 bridgehead atoms. The lowest BCUT2D eigenvalue weighted by molar-refractivity contribution is 0.373. The lowest BCUT2D eigenvalue weighted by Gasteiger charge is -2.22. The van der Waals surface area contributed by atoms with Crippen molar-refractivity contribution >= 4 is 15.8 Å². The van der Waals surface area contributed by atoms with Gasteiger partial charge in [0.1, 0.15) is 10.7 Å². The molecule has 0 amide bonds. The average molecular weight is 282 g/mol. The largest absolute Gasteiger partial charge is 0.384 e. The molecular weight excluding hydrogens is 264 g/mol. The summed E-state index contributed by atoms with van der Waals surface area (Å²) in [6.45, 7) is 4.40. The van der Waals surface area contributed by atoms with E-state index < -0.39 is 10.0 Å². The highest BCUT2D eigenvalue weighted by atomic mass is 32.2. The normalized spacial score (nSPS) is 11.7. The molecule has 104 valence electrons. The number of rotatable bonds is 6. The Kier molecular flexibility index (Phi) is 5.27. The third kappa shape index (κ3) is 4.19. The lowest BCUT2D eigenvalue weighted by atomic mass is 10.2. The molecule has 0 spiro atoms. The Morgan fingerprint density at radius 1 is 1.47 bits per heavy atom. The Balaban J connectivity index is 3.04. The Morgan fingerprint density at radius 2 is 2.16 bits per heavy atom. The smallest absolute Gasteiger partial charge is 0.244 e. The van der Waals surface area contributed by atoms with Crippen LogP contribution in [0.1, 0.15) is 20.3 Å². The Labute approximate surface area is 113 Å². The summed E-state index contributed by atoms with van der Waals surface area (Å²) >= 11 is 0. The van der Waals surface area contributed by atoms with Gasteiger partial charge < -0.3 is 5.73 Å². The molecule has 0 aromatic carbocycles. The maximum absolute atomic E-state index is 12.4. The average Bonchev–Trinajstić information content (AvgIpc) is 2.34. The highest BCUT2D eigenvalue weighted by Crippen LogP contribution is 2.17. The number of pyridine rings is 1. The van der Waals surface area contributed by atoms with Gasteiger partial charge in [-0.3, -0.25) is 0 Å². The summed E-state index contributed by atoms with van der Waals surface area (Å²) in [7, 11) is -3.62. The fourth-order valence-electron chi connectivity index (χ4n) is 1.58. The van der Waals surface area contributed by atoms with Crippen LogP contribution in [0.4, 0.5) is 5.82 Å². The molecule has 2 N–H and O–H groups in total. The summed E-state index contributed by atoms with van der Waals surface area (Å²) in [5.74, 6) is 0.446. The van der Waals surface area contributed by atoms with Gasteiger partial charge in [-0.05, 0) is 18.1 Å². The van der Waals surface area contributed by atoms with E-state index in [-0.39, 0.29) is 29.6 Å². The van der Waals surface area contributed by atoms with Gasteiger partial charge in [0.05, 0.1) is 6.07 Å². The van der Waals surface area contributed by atoms with Gasteiger partial charge in [0.25, 0.3) is 0 Å². The molecule has 1 rings (SSSR count).